The molecule has 9 heteroatoms. The van der Waals surface area contributed by atoms with Crippen molar-refractivity contribution in [2.45, 2.75) is 32.9 Å². The van der Waals surface area contributed by atoms with Gasteiger partial charge in [0.1, 0.15) is 11.6 Å². The van der Waals surface area contributed by atoms with Crippen LogP contribution in [0.15, 0.2) is 48.5 Å². The first-order valence-corrected chi connectivity index (χ1v) is 12.4. The molecule has 1 N–H and O–H groups in total. The van der Waals surface area contributed by atoms with Crippen LogP contribution in [0.25, 0.3) is 11.4 Å². The third-order valence-electron chi connectivity index (χ3n) is 6.08. The van der Waals surface area contributed by atoms with Crippen molar-refractivity contribution in [3.05, 3.63) is 76.2 Å². The lowest BCUT2D eigenvalue weighted by Crippen LogP contribution is -2.53. The number of carbonyl (C=O) groups excluding carboxylic acids is 1. The van der Waals surface area contributed by atoms with Crippen LogP contribution in [0.4, 0.5) is 15.0 Å². The molecule has 0 radical (unpaired) electrons. The minimum Gasteiger partial charge on any atom is -0.378 e. The second-order valence-electron chi connectivity index (χ2n) is 9.05. The van der Waals surface area contributed by atoms with E-state index in [0.29, 0.717) is 54.1 Å². The summed E-state index contributed by atoms with van der Waals surface area (Å²) in [6.07, 6.45) is 0.225. The fourth-order valence-electron chi connectivity index (χ4n) is 4.27. The van der Waals surface area contributed by atoms with E-state index < -0.39 is 0 Å². The van der Waals surface area contributed by atoms with Crippen molar-refractivity contribution in [3.8, 4) is 11.4 Å². The Bertz CT molecular complexity index is 1180. The molecule has 0 bridgehead atoms. The number of carbonyl (C=O) groups is 1. The van der Waals surface area contributed by atoms with Gasteiger partial charge in [-0.2, -0.15) is 0 Å². The number of amides is 2. The molecule has 190 valence electrons. The first kappa shape index (κ1) is 25.9. The van der Waals surface area contributed by atoms with E-state index >= 15 is 0 Å². The van der Waals surface area contributed by atoms with Crippen molar-refractivity contribution < 1.29 is 13.9 Å². The second-order valence-corrected chi connectivity index (χ2v) is 9.46. The highest BCUT2D eigenvalue weighted by atomic mass is 35.5. The van der Waals surface area contributed by atoms with Gasteiger partial charge in [-0.25, -0.2) is 19.2 Å². The summed E-state index contributed by atoms with van der Waals surface area (Å²) in [5, 5.41) is 3.30. The molecule has 3 aromatic rings. The van der Waals surface area contributed by atoms with E-state index in [1.807, 2.05) is 44.2 Å². The van der Waals surface area contributed by atoms with E-state index in [9.17, 15) is 9.18 Å². The Morgan fingerprint density at radius 2 is 1.78 bits per heavy atom. The molecule has 2 amide bonds. The molecule has 1 aromatic heterocycles. The Balaban J connectivity index is 1.75. The summed E-state index contributed by atoms with van der Waals surface area (Å²) in [7, 11) is 1.61. The number of hydrogen-bond acceptors (Lipinski definition) is 5. The molecular formula is C27H31ClFN5O2. The molecular weight excluding hydrogens is 481 g/mol. The maximum Gasteiger partial charge on any atom is 0.317 e. The molecule has 2 heterocycles. The van der Waals surface area contributed by atoms with Crippen LogP contribution in [0, 0.1) is 5.82 Å². The van der Waals surface area contributed by atoms with E-state index in [0.717, 1.165) is 11.1 Å². The van der Waals surface area contributed by atoms with Gasteiger partial charge in [0, 0.05) is 67.5 Å². The van der Waals surface area contributed by atoms with Gasteiger partial charge >= 0.3 is 6.03 Å². The number of benzene rings is 2. The molecule has 0 saturated carbocycles. The van der Waals surface area contributed by atoms with Crippen molar-refractivity contribution in [3.63, 3.8) is 0 Å². The number of aromatic nitrogens is 2. The predicted molar refractivity (Wildman–Crippen MR) is 140 cm³/mol. The molecule has 0 unspecified atom stereocenters. The maximum absolute atomic E-state index is 14.8. The molecule has 36 heavy (non-hydrogen) atoms. The molecule has 4 rings (SSSR count). The monoisotopic (exact) mass is 511 g/mol. The lowest BCUT2D eigenvalue weighted by molar-refractivity contribution is 0.180. The molecule has 1 saturated heterocycles. The number of urea groups is 1. The standard InChI is InChI=1S/C27H31ClFN5O2/c1-18(2)30-27(35)34-14-12-33(13-15-34)26-21(16-20-22(28)10-7-11-23(20)29)24(17-36-3)31-25(32-26)19-8-5-4-6-9-19/h4-11,18H,12-17H2,1-3H3,(H,30,35). The van der Waals surface area contributed by atoms with Crippen molar-refractivity contribution in [2.75, 3.05) is 38.2 Å². The van der Waals surface area contributed by atoms with Crippen LogP contribution in [0.2, 0.25) is 5.02 Å². The van der Waals surface area contributed by atoms with Crippen molar-refractivity contribution >= 4 is 23.4 Å². The summed E-state index contributed by atoms with van der Waals surface area (Å²) >= 11 is 6.39. The maximum atomic E-state index is 14.8. The number of nitrogens with one attached hydrogen (secondary N) is 1. The predicted octanol–water partition coefficient (Wildman–Crippen LogP) is 4.91. The molecule has 0 spiro atoms. The van der Waals surface area contributed by atoms with Gasteiger partial charge in [-0.15, -0.1) is 0 Å². The summed E-state index contributed by atoms with van der Waals surface area (Å²) in [5.74, 6) is 0.902. The van der Waals surface area contributed by atoms with E-state index in [2.05, 4.69) is 10.2 Å². The number of rotatable bonds is 7. The Morgan fingerprint density at radius 3 is 2.42 bits per heavy atom. The average molecular weight is 512 g/mol. The van der Waals surface area contributed by atoms with Gasteiger partial charge in [0.25, 0.3) is 0 Å². The average Bonchev–Trinajstić information content (AvgIpc) is 2.87. The Morgan fingerprint density at radius 1 is 1.06 bits per heavy atom. The quantitative estimate of drug-likeness (QED) is 0.488. The van der Waals surface area contributed by atoms with Crippen molar-refractivity contribution in [1.82, 2.24) is 20.2 Å². The zero-order valence-corrected chi connectivity index (χ0v) is 21.6. The first-order chi connectivity index (χ1) is 17.4. The van der Waals surface area contributed by atoms with Gasteiger partial charge < -0.3 is 19.9 Å². The molecule has 0 atom stereocenters. The fourth-order valence-corrected chi connectivity index (χ4v) is 4.50. The number of ether oxygens (including phenoxy) is 1. The minimum absolute atomic E-state index is 0.0690. The minimum atomic E-state index is -0.376. The third kappa shape index (κ3) is 5.94. The molecule has 1 aliphatic heterocycles. The zero-order valence-electron chi connectivity index (χ0n) is 20.8. The van der Waals surface area contributed by atoms with Crippen LogP contribution in [-0.2, 0) is 17.8 Å². The van der Waals surface area contributed by atoms with Gasteiger partial charge in [-0.3, -0.25) is 0 Å². The SMILES string of the molecule is COCc1nc(-c2ccccc2)nc(N2CCN(C(=O)NC(C)C)CC2)c1Cc1c(F)cccc1Cl. The first-order valence-electron chi connectivity index (χ1n) is 12.0. The van der Waals surface area contributed by atoms with Gasteiger partial charge in [0.15, 0.2) is 5.82 Å². The van der Waals surface area contributed by atoms with Crippen LogP contribution in [0.3, 0.4) is 0 Å². The van der Waals surface area contributed by atoms with Crippen LogP contribution in [0.1, 0.15) is 30.7 Å². The summed E-state index contributed by atoms with van der Waals surface area (Å²) in [4.78, 5) is 26.2. The smallest absolute Gasteiger partial charge is 0.317 e. The lowest BCUT2D eigenvalue weighted by atomic mass is 10.0. The Hall–Kier alpha value is -3.23. The van der Waals surface area contributed by atoms with Crippen LogP contribution >= 0.6 is 11.6 Å². The number of hydrogen-bond donors (Lipinski definition) is 1. The summed E-state index contributed by atoms with van der Waals surface area (Å²) in [5.41, 5.74) is 2.72. The van der Waals surface area contributed by atoms with E-state index in [1.54, 1.807) is 24.1 Å². The van der Waals surface area contributed by atoms with E-state index in [-0.39, 0.29) is 30.9 Å². The number of anilines is 1. The highest BCUT2D eigenvalue weighted by molar-refractivity contribution is 6.31. The highest BCUT2D eigenvalue weighted by Crippen LogP contribution is 2.31. The number of halogens is 2. The van der Waals surface area contributed by atoms with Gasteiger partial charge in [-0.05, 0) is 26.0 Å². The van der Waals surface area contributed by atoms with Gasteiger partial charge in [0.2, 0.25) is 0 Å². The Labute approximate surface area is 216 Å². The summed E-state index contributed by atoms with van der Waals surface area (Å²) < 4.78 is 20.3. The molecule has 2 aromatic carbocycles. The van der Waals surface area contributed by atoms with Crippen molar-refractivity contribution in [2.24, 2.45) is 0 Å². The van der Waals surface area contributed by atoms with Crippen LogP contribution in [0.5, 0.6) is 0 Å². The normalized spacial score (nSPS) is 13.8. The molecule has 1 fully saturated rings. The lowest BCUT2D eigenvalue weighted by Gasteiger charge is -2.37. The summed E-state index contributed by atoms with van der Waals surface area (Å²) in [6, 6.07) is 14.4. The Kier molecular flexibility index (Phi) is 8.38. The second kappa shape index (κ2) is 11.7. The van der Waals surface area contributed by atoms with E-state index in [1.165, 1.54) is 6.07 Å². The highest BCUT2D eigenvalue weighted by Gasteiger charge is 2.27. The van der Waals surface area contributed by atoms with Crippen LogP contribution < -0.4 is 10.2 Å². The number of piperazine rings is 1. The molecule has 1 aliphatic rings. The molecule has 7 nitrogen and oxygen atoms in total. The van der Waals surface area contributed by atoms with Crippen molar-refractivity contribution in [1.29, 1.82) is 0 Å². The summed E-state index contributed by atoms with van der Waals surface area (Å²) in [6.45, 7) is 6.39. The fraction of sp³-hybridized carbons (Fsp3) is 0.370. The number of methoxy groups -OCH3 is 1. The topological polar surface area (TPSA) is 70.6 Å². The number of nitrogens with zero attached hydrogens (tertiary/aromatic N) is 4. The van der Waals surface area contributed by atoms with Gasteiger partial charge in [0.05, 0.1) is 12.3 Å². The third-order valence-corrected chi connectivity index (χ3v) is 6.43. The largest absolute Gasteiger partial charge is 0.378 e. The van der Waals surface area contributed by atoms with Gasteiger partial charge in [-0.1, -0.05) is 48.0 Å². The van der Waals surface area contributed by atoms with Crippen LogP contribution in [-0.4, -0.2) is 60.2 Å². The van der Waals surface area contributed by atoms with E-state index in [4.69, 9.17) is 26.3 Å². The zero-order chi connectivity index (χ0) is 25.7. The molecule has 0 aliphatic carbocycles.